The van der Waals surface area contributed by atoms with Gasteiger partial charge in [-0.3, -0.25) is 33.6 Å². The van der Waals surface area contributed by atoms with Crippen LogP contribution in [0.25, 0.3) is 11.1 Å². The number of aromatic hydroxyl groups is 3. The Morgan fingerprint density at radius 2 is 1.40 bits per heavy atom. The van der Waals surface area contributed by atoms with Gasteiger partial charge in [-0.1, -0.05) is 81.4 Å². The van der Waals surface area contributed by atoms with Gasteiger partial charge in [0.1, 0.15) is 77.4 Å². The van der Waals surface area contributed by atoms with Crippen LogP contribution in [0.3, 0.4) is 0 Å². The normalized spacial score (nSPS) is 27.9. The lowest BCUT2D eigenvalue weighted by molar-refractivity contribution is -0.334. The van der Waals surface area contributed by atoms with Gasteiger partial charge in [0, 0.05) is 67.1 Å². The van der Waals surface area contributed by atoms with Crippen molar-refractivity contribution in [3.05, 3.63) is 117 Å². The summed E-state index contributed by atoms with van der Waals surface area (Å²) in [6.07, 6.45) is -19.1. The fraction of sp³-hybridized carbons (Fsp3) is 0.494. The average Bonchev–Trinajstić information content (AvgIpc) is 0.768. The van der Waals surface area contributed by atoms with Gasteiger partial charge < -0.3 is 127 Å². The van der Waals surface area contributed by atoms with E-state index in [1.54, 1.807) is 20.8 Å². The van der Waals surface area contributed by atoms with E-state index in [4.69, 9.17) is 72.6 Å². The summed E-state index contributed by atoms with van der Waals surface area (Å²) >= 11 is 14.3. The average molecular weight is 1620 g/mol. The maximum Gasteiger partial charge on any atom is 0.336 e. The molecule has 0 radical (unpaired) electrons. The van der Waals surface area contributed by atoms with Crippen LogP contribution in [0, 0.1) is 11.8 Å². The topological polar surface area (TPSA) is 542 Å². The molecule has 19 N–H and O–H groups in total. The van der Waals surface area contributed by atoms with Crippen LogP contribution in [0.2, 0.25) is 10.0 Å². The number of Topliss-reactive ketones (excluding diaryl/α,β-unsaturated/α-hetero) is 2. The van der Waals surface area contributed by atoms with Crippen molar-refractivity contribution in [2.45, 2.75) is 202 Å². The molecule has 0 aromatic heterocycles. The molecule has 0 saturated carbocycles. The van der Waals surface area contributed by atoms with Crippen molar-refractivity contribution in [2.24, 2.45) is 23.3 Å². The molecule has 19 atom stereocenters. The van der Waals surface area contributed by atoms with E-state index >= 15 is 14.4 Å². The van der Waals surface area contributed by atoms with E-state index in [2.05, 4.69) is 26.6 Å². The molecule has 12 rings (SSSR count). The number of halogens is 2. The van der Waals surface area contributed by atoms with E-state index in [1.807, 2.05) is 6.92 Å². The monoisotopic (exact) mass is 1620 g/mol. The number of unbranched alkanes of at least 4 members (excludes halogenated alkanes) is 3. The van der Waals surface area contributed by atoms with Gasteiger partial charge in [0.2, 0.25) is 41.6 Å². The van der Waals surface area contributed by atoms with E-state index in [0.29, 0.717) is 6.42 Å². The number of carboxylic acids is 1. The molecule has 15 unspecified atom stereocenters. The minimum atomic E-state index is -2.27. The molecule has 5 aromatic carbocycles. The molecule has 113 heavy (non-hydrogen) atoms. The molecule has 0 aliphatic carbocycles. The van der Waals surface area contributed by atoms with Crippen molar-refractivity contribution in [3.63, 3.8) is 0 Å². The summed E-state index contributed by atoms with van der Waals surface area (Å²) in [6.45, 7) is 7.70. The molecule has 5 aromatic rings. The number of rotatable bonds is 22. The number of ether oxygens (including phenoxy) is 8. The zero-order valence-electron chi connectivity index (χ0n) is 62.3. The van der Waals surface area contributed by atoms with Crippen LogP contribution in [0.5, 0.6) is 46.0 Å². The van der Waals surface area contributed by atoms with Gasteiger partial charge in [-0.15, -0.1) is 0 Å². The first kappa shape index (κ1) is 86.0. The summed E-state index contributed by atoms with van der Waals surface area (Å²) in [5, 5.41) is 128. The van der Waals surface area contributed by atoms with Gasteiger partial charge in [-0.2, -0.15) is 0 Å². The molecule has 7 aliphatic rings. The zero-order valence-corrected chi connectivity index (χ0v) is 63.8. The van der Waals surface area contributed by atoms with Gasteiger partial charge in [0.25, 0.3) is 0 Å². The van der Waals surface area contributed by atoms with E-state index in [1.165, 1.54) is 26.2 Å². The summed E-state index contributed by atoms with van der Waals surface area (Å²) in [4.78, 5) is 131. The molecule has 7 aliphatic heterocycles. The second kappa shape index (κ2) is 36.8. The molecule has 34 nitrogen and oxygen atoms in total. The molecule has 5 amide bonds. The highest BCUT2D eigenvalue weighted by atomic mass is 35.5. The number of phenolic OH excluding ortho intramolecular Hbond substituents is 3. The van der Waals surface area contributed by atoms with Crippen LogP contribution in [0.15, 0.2) is 78.9 Å². The Bertz CT molecular complexity index is 4400. The Hall–Kier alpha value is -9.37. The molecule has 612 valence electrons. The number of benzene rings is 5. The number of nitrogens with one attached hydrogen (secondary N) is 5. The van der Waals surface area contributed by atoms with Gasteiger partial charge in [0.15, 0.2) is 47.6 Å². The number of aliphatic hydroxyl groups excluding tert-OH is 6. The summed E-state index contributed by atoms with van der Waals surface area (Å²) in [5.41, 5.74) is 8.09. The number of carbonyl (C=O) groups excluding carboxylic acids is 8. The molecular formula is C77H93Cl2N7O27. The Kier molecular flexibility index (Phi) is 28.1. The van der Waals surface area contributed by atoms with Crippen LogP contribution in [-0.2, 0) is 66.8 Å². The van der Waals surface area contributed by atoms with Crippen molar-refractivity contribution in [1.29, 1.82) is 0 Å². The van der Waals surface area contributed by atoms with Crippen molar-refractivity contribution < 1.29 is 132 Å². The number of aliphatic hydroxyl groups is 6. The third-order valence-electron chi connectivity index (χ3n) is 20.5. The minimum absolute atomic E-state index is 0.0871. The maximum atomic E-state index is 16.3. The smallest absolute Gasteiger partial charge is 0.336 e. The second-order valence-electron chi connectivity index (χ2n) is 29.3. The molecule has 2 fully saturated rings. The van der Waals surface area contributed by atoms with E-state index in [9.17, 15) is 79.8 Å². The van der Waals surface area contributed by atoms with E-state index in [0.717, 1.165) is 86.0 Å². The lowest BCUT2D eigenvalue weighted by Gasteiger charge is -2.48. The highest BCUT2D eigenvalue weighted by Crippen LogP contribution is 2.50. The first-order chi connectivity index (χ1) is 53.5. The third kappa shape index (κ3) is 19.7. The van der Waals surface area contributed by atoms with Crippen LogP contribution < -0.4 is 52.3 Å². The van der Waals surface area contributed by atoms with Gasteiger partial charge in [0.05, 0.1) is 53.8 Å². The summed E-state index contributed by atoms with van der Waals surface area (Å²) < 4.78 is 50.3. The Labute approximate surface area is 657 Å². The number of phenols is 3. The van der Waals surface area contributed by atoms with Crippen molar-refractivity contribution >= 4 is 76.2 Å². The summed E-state index contributed by atoms with van der Waals surface area (Å²) in [5.74, 6) is -19.9. The van der Waals surface area contributed by atoms with Crippen LogP contribution in [0.4, 0.5) is 0 Å². The fourth-order valence-electron chi connectivity index (χ4n) is 14.4. The summed E-state index contributed by atoms with van der Waals surface area (Å²) in [6, 6.07) is 3.92. The number of aliphatic carboxylic acids is 1. The second-order valence-corrected chi connectivity index (χ2v) is 30.1. The SMILES string of the molecule is CCCCCCOC(CNC1(C)CC(OC2C(Oc3c4cc5cc3Oc3ccc(cc3Cl)[C@@H](O)[C@@H]3NC(=O)C(CC(=O)C5NC(=O)C(CC(N)=O)CC(=O)[C@@H](NC(=O)[C@H](N)CC(C)C)C(O)c5ccc(c(Cl)c5)O4)c4ccc(O)c(c4)-c4c(O)cc(O)cc4C(C(=O)O)NC3=O)OC(CO)C(O)C2O)OC(C)C1O)C(=O)OC. The molecule has 0 spiro atoms. The number of carbonyl (C=O) groups is 9. The molecule has 36 heteroatoms. The number of ketones is 2. The molecule has 7 heterocycles. The number of fused-ring (bicyclic) bond motifs is 15. The zero-order chi connectivity index (χ0) is 82.4. The lowest BCUT2D eigenvalue weighted by atomic mass is 9.84. The van der Waals surface area contributed by atoms with Crippen LogP contribution >= 0.6 is 23.2 Å². The van der Waals surface area contributed by atoms with Crippen molar-refractivity contribution in [2.75, 3.05) is 26.9 Å². The Morgan fingerprint density at radius 1 is 0.743 bits per heavy atom. The first-order valence-corrected chi connectivity index (χ1v) is 37.4. The number of hydrogen-bond acceptors (Lipinski definition) is 28. The number of nitrogens with two attached hydrogens (primary N) is 2. The largest absolute Gasteiger partial charge is 0.508 e. The Balaban J connectivity index is 1.19. The number of carboxylic acid groups (broad SMARTS) is 1. The standard InChI is InChI=1S/C77H93Cl2N7O27/c1-7-8-9-10-17-107-54(75(105)106-6)30-82-77(5)29-57(108-33(4)69(77)98)112-68-66(97)65(96)55(31-87)111-76(68)113-67-52-23-37-24-53(67)110-51-16-13-36(21-44(51)79)64(95)62-73(102)84-60(74(103)104)42-26-39(88)27-47(90)58(42)41-19-34(11-14-46(41)89)40(71(100)86-62)28-49(92)59(37)83-70(99)38(25-56(81)93)22-48(91)61(85-72(101)45(80)18-32(2)3)63(94)35-12-15-50(109-52)43(78)20-35/h11-16,19-21,23-24,26-27,32-33,38,40,45,54-55,57,59-66,68-69,76,82,87-90,94-98H,7-10,17-18,22,25,28-31,80H2,1-6H3,(H2,81,93)(H,83,99)(H,84,102)(H,85,101)(H,86,100)(H,103,104)/t33?,38?,40?,45-,54?,55?,57?,59?,60?,61-,62+,63?,64-,65?,66?,68?,69?,76?,77?/m1/s1. The number of primary amides is 1. The van der Waals surface area contributed by atoms with Gasteiger partial charge in [-0.25, -0.2) is 9.59 Å². The predicted molar refractivity (Wildman–Crippen MR) is 397 cm³/mol. The van der Waals surface area contributed by atoms with Crippen molar-refractivity contribution in [3.8, 4) is 57.1 Å². The quantitative estimate of drug-likeness (QED) is 0.0348. The van der Waals surface area contributed by atoms with Gasteiger partial charge in [-0.05, 0) is 109 Å². The number of amides is 5. The first-order valence-electron chi connectivity index (χ1n) is 36.7. The Morgan fingerprint density at radius 3 is 2.01 bits per heavy atom. The number of hydrogen-bond donors (Lipinski definition) is 17. The van der Waals surface area contributed by atoms with Gasteiger partial charge >= 0.3 is 11.9 Å². The highest BCUT2D eigenvalue weighted by Gasteiger charge is 2.53. The van der Waals surface area contributed by atoms with Crippen molar-refractivity contribution in [1.82, 2.24) is 26.6 Å². The number of methoxy groups -OCH3 is 1. The molecule has 11 bridgehead atoms. The predicted octanol–water partition coefficient (Wildman–Crippen LogP) is 3.59. The molecule has 2 saturated heterocycles. The number of esters is 1. The fourth-order valence-corrected chi connectivity index (χ4v) is 14.8. The highest BCUT2D eigenvalue weighted by molar-refractivity contribution is 6.32. The van der Waals surface area contributed by atoms with Crippen LogP contribution in [0.1, 0.15) is 150 Å². The van der Waals surface area contributed by atoms with Crippen LogP contribution in [-0.4, -0.2) is 210 Å². The lowest BCUT2D eigenvalue weighted by Crippen LogP contribution is -2.66. The minimum Gasteiger partial charge on any atom is -0.508 e. The van der Waals surface area contributed by atoms with E-state index in [-0.39, 0.29) is 59.4 Å². The molecular weight excluding hydrogens is 1530 g/mol. The summed E-state index contributed by atoms with van der Waals surface area (Å²) in [7, 11) is 1.19. The van der Waals surface area contributed by atoms with E-state index < -0.39 is 262 Å². The maximum absolute atomic E-state index is 16.3. The third-order valence-corrected chi connectivity index (χ3v) is 21.1.